The van der Waals surface area contributed by atoms with Crippen LogP contribution in [0.1, 0.15) is 29.8 Å². The fraction of sp³-hybridized carbons (Fsp3) is 0.571. The van der Waals surface area contributed by atoms with Crippen molar-refractivity contribution in [3.8, 4) is 0 Å². The minimum atomic E-state index is 0.0516. The molecule has 1 aromatic heterocycles. The number of carbonyl (C=O) groups excluding carboxylic acids is 1. The van der Waals surface area contributed by atoms with Crippen molar-refractivity contribution in [2.75, 3.05) is 19.8 Å². The number of nitrogens with zero attached hydrogens (tertiary/aromatic N) is 2. The molecule has 0 N–H and O–H groups in total. The number of aromatic nitrogens is 1. The number of pyridine rings is 1. The Balaban J connectivity index is 1.73. The molecule has 0 radical (unpaired) electrons. The zero-order valence-electron chi connectivity index (χ0n) is 10.7. The van der Waals surface area contributed by atoms with E-state index in [0.29, 0.717) is 22.3 Å². The molecular formula is C14H17BrN2O2. The Morgan fingerprint density at radius 3 is 2.89 bits per heavy atom. The smallest absolute Gasteiger partial charge is 0.272 e. The Labute approximate surface area is 121 Å². The van der Waals surface area contributed by atoms with E-state index in [4.69, 9.17) is 4.74 Å². The maximum Gasteiger partial charge on any atom is 0.272 e. The van der Waals surface area contributed by atoms with Gasteiger partial charge in [0.2, 0.25) is 0 Å². The molecule has 4 nitrogen and oxygen atoms in total. The normalized spacial score (nSPS) is 22.5. The van der Waals surface area contributed by atoms with Gasteiger partial charge in [0.25, 0.3) is 5.91 Å². The van der Waals surface area contributed by atoms with Crippen LogP contribution in [0.2, 0.25) is 0 Å². The quantitative estimate of drug-likeness (QED) is 0.799. The molecule has 2 aliphatic rings. The Hall–Kier alpha value is -0.940. The van der Waals surface area contributed by atoms with E-state index in [1.165, 1.54) is 0 Å². The summed E-state index contributed by atoms with van der Waals surface area (Å²) in [7, 11) is 0. The van der Waals surface area contributed by atoms with Crippen molar-refractivity contribution in [2.24, 2.45) is 5.92 Å². The molecule has 1 saturated carbocycles. The molecular weight excluding hydrogens is 308 g/mol. The molecule has 5 heteroatoms. The predicted octanol–water partition coefficient (Wildman–Crippen LogP) is 2.49. The summed E-state index contributed by atoms with van der Waals surface area (Å²) >= 11 is 3.32. The summed E-state index contributed by atoms with van der Waals surface area (Å²) in [6.07, 6.45) is 3.29. The number of amides is 1. The maximum absolute atomic E-state index is 12.6. The standard InChI is InChI=1S/C14H17BrN2O2/c15-13-3-1-2-12(16-13)14(18)17(11-4-5-11)8-10-6-7-19-9-10/h1-3,10-11H,4-9H2. The van der Waals surface area contributed by atoms with Crippen LogP contribution in [0.15, 0.2) is 22.8 Å². The van der Waals surface area contributed by atoms with Crippen LogP contribution >= 0.6 is 15.9 Å². The van der Waals surface area contributed by atoms with Gasteiger partial charge in [-0.2, -0.15) is 0 Å². The third-order valence-corrected chi connectivity index (χ3v) is 4.10. The molecule has 0 spiro atoms. The number of ether oxygens (including phenoxy) is 1. The summed E-state index contributed by atoms with van der Waals surface area (Å²) in [4.78, 5) is 18.8. The van der Waals surface area contributed by atoms with E-state index < -0.39 is 0 Å². The highest BCUT2D eigenvalue weighted by Gasteiger charge is 2.35. The monoisotopic (exact) mass is 324 g/mol. The van der Waals surface area contributed by atoms with Gasteiger partial charge >= 0.3 is 0 Å². The highest BCUT2D eigenvalue weighted by Crippen LogP contribution is 2.30. The highest BCUT2D eigenvalue weighted by atomic mass is 79.9. The molecule has 1 atom stereocenters. The second kappa shape index (κ2) is 5.59. The van der Waals surface area contributed by atoms with Crippen molar-refractivity contribution in [3.63, 3.8) is 0 Å². The third-order valence-electron chi connectivity index (χ3n) is 3.66. The SMILES string of the molecule is O=C(c1cccc(Br)n1)N(CC1CCOC1)C1CC1. The van der Waals surface area contributed by atoms with Gasteiger partial charge in [-0.05, 0) is 47.3 Å². The molecule has 2 fully saturated rings. The van der Waals surface area contributed by atoms with Crippen molar-refractivity contribution in [2.45, 2.75) is 25.3 Å². The van der Waals surface area contributed by atoms with Crippen molar-refractivity contribution in [3.05, 3.63) is 28.5 Å². The Morgan fingerprint density at radius 2 is 2.26 bits per heavy atom. The number of halogens is 1. The van der Waals surface area contributed by atoms with Crippen molar-refractivity contribution >= 4 is 21.8 Å². The van der Waals surface area contributed by atoms with Crippen LogP contribution in [0.4, 0.5) is 0 Å². The van der Waals surface area contributed by atoms with E-state index in [1.54, 1.807) is 6.07 Å². The van der Waals surface area contributed by atoms with Crippen LogP contribution in [0.5, 0.6) is 0 Å². The summed E-state index contributed by atoms with van der Waals surface area (Å²) < 4.78 is 6.11. The topological polar surface area (TPSA) is 42.4 Å². The molecule has 0 aromatic carbocycles. The zero-order valence-corrected chi connectivity index (χ0v) is 12.3. The first-order chi connectivity index (χ1) is 9.24. The fourth-order valence-electron chi connectivity index (χ4n) is 2.46. The van der Waals surface area contributed by atoms with Crippen LogP contribution in [0, 0.1) is 5.92 Å². The first-order valence-electron chi connectivity index (χ1n) is 6.75. The number of rotatable bonds is 4. The number of hydrogen-bond donors (Lipinski definition) is 0. The lowest BCUT2D eigenvalue weighted by Gasteiger charge is -2.24. The van der Waals surface area contributed by atoms with E-state index in [9.17, 15) is 4.79 Å². The lowest BCUT2D eigenvalue weighted by atomic mass is 10.1. The molecule has 1 unspecified atom stereocenters. The molecule has 1 aromatic rings. The predicted molar refractivity (Wildman–Crippen MR) is 74.9 cm³/mol. The van der Waals surface area contributed by atoms with Gasteiger partial charge in [-0.1, -0.05) is 6.07 Å². The van der Waals surface area contributed by atoms with Crippen LogP contribution < -0.4 is 0 Å². The van der Waals surface area contributed by atoms with Gasteiger partial charge in [0, 0.05) is 25.1 Å². The maximum atomic E-state index is 12.6. The van der Waals surface area contributed by atoms with Gasteiger partial charge in [0.1, 0.15) is 10.3 Å². The summed E-state index contributed by atoms with van der Waals surface area (Å²) in [5, 5.41) is 0. The van der Waals surface area contributed by atoms with Crippen molar-refractivity contribution in [1.82, 2.24) is 9.88 Å². The summed E-state index contributed by atoms with van der Waals surface area (Å²) in [6, 6.07) is 5.89. The minimum absolute atomic E-state index is 0.0516. The van der Waals surface area contributed by atoms with E-state index in [-0.39, 0.29) is 5.91 Å². The average molecular weight is 325 g/mol. The second-order valence-corrected chi connectivity index (χ2v) is 6.08. The molecule has 0 bridgehead atoms. The van der Waals surface area contributed by atoms with E-state index >= 15 is 0 Å². The summed E-state index contributed by atoms with van der Waals surface area (Å²) in [5.41, 5.74) is 0.528. The first-order valence-corrected chi connectivity index (χ1v) is 7.54. The molecule has 1 amide bonds. The lowest BCUT2D eigenvalue weighted by molar-refractivity contribution is 0.0700. The Kier molecular flexibility index (Phi) is 3.84. The van der Waals surface area contributed by atoms with E-state index in [2.05, 4.69) is 20.9 Å². The molecule has 102 valence electrons. The van der Waals surface area contributed by atoms with Crippen molar-refractivity contribution in [1.29, 1.82) is 0 Å². The number of hydrogen-bond acceptors (Lipinski definition) is 3. The first kappa shape index (κ1) is 13.1. The van der Waals surface area contributed by atoms with Gasteiger partial charge in [0.15, 0.2) is 0 Å². The van der Waals surface area contributed by atoms with Crippen LogP contribution in [-0.2, 0) is 4.74 Å². The summed E-state index contributed by atoms with van der Waals surface area (Å²) in [5.74, 6) is 0.535. The lowest BCUT2D eigenvalue weighted by Crippen LogP contribution is -2.37. The van der Waals surface area contributed by atoms with Crippen LogP contribution in [0.25, 0.3) is 0 Å². The summed E-state index contributed by atoms with van der Waals surface area (Å²) in [6.45, 7) is 2.41. The Morgan fingerprint density at radius 1 is 1.42 bits per heavy atom. The second-order valence-electron chi connectivity index (χ2n) is 5.26. The van der Waals surface area contributed by atoms with Gasteiger partial charge < -0.3 is 9.64 Å². The molecule has 2 heterocycles. The highest BCUT2D eigenvalue weighted by molar-refractivity contribution is 9.10. The minimum Gasteiger partial charge on any atom is -0.381 e. The van der Waals surface area contributed by atoms with Gasteiger partial charge in [-0.25, -0.2) is 4.98 Å². The molecule has 1 aliphatic carbocycles. The average Bonchev–Trinajstić information content (AvgIpc) is 3.12. The van der Waals surface area contributed by atoms with E-state index in [0.717, 1.165) is 39.0 Å². The fourth-order valence-corrected chi connectivity index (χ4v) is 2.81. The molecule has 1 saturated heterocycles. The number of carbonyl (C=O) groups is 1. The molecule has 19 heavy (non-hydrogen) atoms. The van der Waals surface area contributed by atoms with Gasteiger partial charge in [-0.15, -0.1) is 0 Å². The molecule has 1 aliphatic heterocycles. The zero-order chi connectivity index (χ0) is 13.2. The third kappa shape index (κ3) is 3.15. The Bertz CT molecular complexity index is 470. The van der Waals surface area contributed by atoms with Crippen molar-refractivity contribution < 1.29 is 9.53 Å². The van der Waals surface area contributed by atoms with Gasteiger partial charge in [-0.3, -0.25) is 4.79 Å². The van der Waals surface area contributed by atoms with Crippen LogP contribution in [-0.4, -0.2) is 41.6 Å². The van der Waals surface area contributed by atoms with Crippen LogP contribution in [0.3, 0.4) is 0 Å². The largest absolute Gasteiger partial charge is 0.381 e. The van der Waals surface area contributed by atoms with Gasteiger partial charge in [0.05, 0.1) is 6.61 Å². The van der Waals surface area contributed by atoms with E-state index in [1.807, 2.05) is 17.0 Å². The molecule has 3 rings (SSSR count).